The second-order valence-corrected chi connectivity index (χ2v) is 5.64. The molecule has 0 bridgehead atoms. The first-order chi connectivity index (χ1) is 10.1. The zero-order valence-corrected chi connectivity index (χ0v) is 12.2. The van der Waals surface area contributed by atoms with Crippen molar-refractivity contribution in [3.8, 4) is 0 Å². The predicted octanol–water partition coefficient (Wildman–Crippen LogP) is 3.20. The van der Waals surface area contributed by atoms with E-state index in [0.29, 0.717) is 15.9 Å². The van der Waals surface area contributed by atoms with Gasteiger partial charge in [0.05, 0.1) is 5.52 Å². The topological polar surface area (TPSA) is 65.2 Å². The molecule has 2 heterocycles. The van der Waals surface area contributed by atoms with Gasteiger partial charge in [0.2, 0.25) is 5.43 Å². The molecule has 1 fully saturated rings. The van der Waals surface area contributed by atoms with Crippen LogP contribution >= 0.6 is 11.6 Å². The molecule has 2 N–H and O–H groups in total. The summed E-state index contributed by atoms with van der Waals surface area (Å²) < 4.78 is 0. The van der Waals surface area contributed by atoms with Crippen LogP contribution in [-0.2, 0) is 0 Å². The predicted molar refractivity (Wildman–Crippen MR) is 84.0 cm³/mol. The Morgan fingerprint density at radius 2 is 2.00 bits per heavy atom. The third-order valence-corrected chi connectivity index (χ3v) is 3.96. The molecule has 0 aliphatic carbocycles. The van der Waals surface area contributed by atoms with Crippen molar-refractivity contribution in [2.75, 3.05) is 18.4 Å². The van der Waals surface area contributed by atoms with Crippen molar-refractivity contribution in [1.82, 2.24) is 9.88 Å². The van der Waals surface area contributed by atoms with Crippen LogP contribution in [0, 0.1) is 0 Å². The number of aromatic nitrogens is 1. The maximum Gasteiger partial charge on any atom is 0.321 e. The van der Waals surface area contributed by atoms with Gasteiger partial charge < -0.3 is 15.2 Å². The number of fused-ring (bicyclic) bond motifs is 1. The first kappa shape index (κ1) is 13.9. The number of anilines is 1. The van der Waals surface area contributed by atoms with E-state index in [0.717, 1.165) is 32.4 Å². The van der Waals surface area contributed by atoms with Crippen LogP contribution in [-0.4, -0.2) is 29.0 Å². The largest absolute Gasteiger partial charge is 0.359 e. The molecular formula is C15H16ClN3O2. The normalized spacial score (nSPS) is 15.2. The van der Waals surface area contributed by atoms with E-state index in [-0.39, 0.29) is 17.1 Å². The molecule has 1 aliphatic rings. The average molecular weight is 306 g/mol. The van der Waals surface area contributed by atoms with Crippen LogP contribution in [0.15, 0.2) is 29.2 Å². The monoisotopic (exact) mass is 305 g/mol. The highest BCUT2D eigenvalue weighted by Gasteiger charge is 2.17. The van der Waals surface area contributed by atoms with E-state index in [2.05, 4.69) is 10.3 Å². The number of hydrogen-bond acceptors (Lipinski definition) is 2. The van der Waals surface area contributed by atoms with E-state index in [1.165, 1.54) is 6.20 Å². The van der Waals surface area contributed by atoms with Crippen molar-refractivity contribution < 1.29 is 4.79 Å². The Morgan fingerprint density at radius 3 is 2.76 bits per heavy atom. The van der Waals surface area contributed by atoms with Gasteiger partial charge in [0.1, 0.15) is 5.69 Å². The lowest BCUT2D eigenvalue weighted by atomic mass is 10.1. The van der Waals surface area contributed by atoms with Crippen molar-refractivity contribution in [2.45, 2.75) is 19.3 Å². The molecule has 1 aromatic carbocycles. The molecule has 0 atom stereocenters. The van der Waals surface area contributed by atoms with E-state index in [1.54, 1.807) is 23.1 Å². The van der Waals surface area contributed by atoms with Crippen LogP contribution in [0.25, 0.3) is 10.9 Å². The fraction of sp³-hybridized carbons (Fsp3) is 0.333. The second-order valence-electron chi connectivity index (χ2n) is 5.20. The number of nitrogens with zero attached hydrogens (tertiary/aromatic N) is 1. The minimum absolute atomic E-state index is 0.203. The number of pyridine rings is 1. The van der Waals surface area contributed by atoms with E-state index in [9.17, 15) is 9.59 Å². The first-order valence-corrected chi connectivity index (χ1v) is 7.40. The van der Waals surface area contributed by atoms with Gasteiger partial charge in [-0.3, -0.25) is 4.79 Å². The number of likely N-dealkylation sites (tertiary alicyclic amines) is 1. The van der Waals surface area contributed by atoms with Crippen molar-refractivity contribution in [3.05, 3.63) is 39.6 Å². The summed E-state index contributed by atoms with van der Waals surface area (Å²) in [5, 5.41) is 3.77. The summed E-state index contributed by atoms with van der Waals surface area (Å²) in [5.41, 5.74) is 0.717. The van der Waals surface area contributed by atoms with Crippen LogP contribution in [0.5, 0.6) is 0 Å². The fourth-order valence-corrected chi connectivity index (χ4v) is 2.75. The number of carbonyl (C=O) groups excluding carboxylic acids is 1. The SMILES string of the molecule is O=C(Nc1c[nH]c2cc(Cl)ccc2c1=O)N1CCCCC1. The second kappa shape index (κ2) is 5.77. The molecule has 0 saturated carbocycles. The number of halogens is 1. The summed E-state index contributed by atoms with van der Waals surface area (Å²) in [6.45, 7) is 1.49. The lowest BCUT2D eigenvalue weighted by Gasteiger charge is -2.26. The number of benzene rings is 1. The quantitative estimate of drug-likeness (QED) is 0.849. The smallest absolute Gasteiger partial charge is 0.321 e. The third-order valence-electron chi connectivity index (χ3n) is 3.73. The third kappa shape index (κ3) is 2.88. The highest BCUT2D eigenvalue weighted by molar-refractivity contribution is 6.31. The lowest BCUT2D eigenvalue weighted by molar-refractivity contribution is 0.200. The van der Waals surface area contributed by atoms with Gasteiger partial charge in [-0.25, -0.2) is 4.79 Å². The van der Waals surface area contributed by atoms with Gasteiger partial charge in [-0.05, 0) is 37.5 Å². The van der Waals surface area contributed by atoms with Gasteiger partial charge in [-0.2, -0.15) is 0 Å². The van der Waals surface area contributed by atoms with Crippen LogP contribution in [0.4, 0.5) is 10.5 Å². The number of urea groups is 1. The Balaban J connectivity index is 1.87. The average Bonchev–Trinajstić information content (AvgIpc) is 2.51. The molecule has 21 heavy (non-hydrogen) atoms. The number of nitrogens with one attached hydrogen (secondary N) is 2. The maximum absolute atomic E-state index is 12.4. The molecule has 1 aromatic heterocycles. The van der Waals surface area contributed by atoms with Crippen LogP contribution in [0.3, 0.4) is 0 Å². The van der Waals surface area contributed by atoms with Gasteiger partial charge in [-0.15, -0.1) is 0 Å². The Hall–Kier alpha value is -2.01. The summed E-state index contributed by atoms with van der Waals surface area (Å²) in [6, 6.07) is 4.80. The van der Waals surface area contributed by atoms with Crippen molar-refractivity contribution in [3.63, 3.8) is 0 Å². The molecule has 1 aliphatic heterocycles. The molecule has 5 nitrogen and oxygen atoms in total. The number of piperidine rings is 1. The first-order valence-electron chi connectivity index (χ1n) is 7.02. The molecule has 2 aromatic rings. The highest BCUT2D eigenvalue weighted by atomic mass is 35.5. The molecule has 2 amide bonds. The number of H-pyrrole nitrogens is 1. The van der Waals surface area contributed by atoms with Crippen LogP contribution < -0.4 is 10.7 Å². The molecule has 1 saturated heterocycles. The summed E-state index contributed by atoms with van der Waals surface area (Å²) in [4.78, 5) is 29.2. The number of amides is 2. The molecule has 6 heteroatoms. The van der Waals surface area contributed by atoms with Crippen LogP contribution in [0.1, 0.15) is 19.3 Å². The van der Waals surface area contributed by atoms with E-state index in [1.807, 2.05) is 0 Å². The lowest BCUT2D eigenvalue weighted by Crippen LogP contribution is -2.39. The zero-order chi connectivity index (χ0) is 14.8. The number of rotatable bonds is 1. The Bertz CT molecular complexity index is 735. The number of carbonyl (C=O) groups is 1. The summed E-state index contributed by atoms with van der Waals surface area (Å²) in [7, 11) is 0. The van der Waals surface area contributed by atoms with Gasteiger partial charge in [0.15, 0.2) is 0 Å². The molecule has 0 radical (unpaired) electrons. The number of aromatic amines is 1. The fourth-order valence-electron chi connectivity index (χ4n) is 2.58. The molecule has 3 rings (SSSR count). The molecular weight excluding hydrogens is 290 g/mol. The van der Waals surface area contributed by atoms with E-state index in [4.69, 9.17) is 11.6 Å². The maximum atomic E-state index is 12.4. The zero-order valence-electron chi connectivity index (χ0n) is 11.5. The van der Waals surface area contributed by atoms with E-state index < -0.39 is 0 Å². The number of hydrogen-bond donors (Lipinski definition) is 2. The van der Waals surface area contributed by atoms with Crippen molar-refractivity contribution in [1.29, 1.82) is 0 Å². The molecule has 0 unspecified atom stereocenters. The minimum Gasteiger partial charge on any atom is -0.359 e. The minimum atomic E-state index is -0.214. The van der Waals surface area contributed by atoms with Gasteiger partial charge in [0, 0.05) is 29.7 Å². The van der Waals surface area contributed by atoms with E-state index >= 15 is 0 Å². The summed E-state index contributed by atoms with van der Waals surface area (Å²) >= 11 is 5.90. The summed E-state index contributed by atoms with van der Waals surface area (Å²) in [6.07, 6.45) is 4.70. The van der Waals surface area contributed by atoms with Crippen molar-refractivity contribution in [2.24, 2.45) is 0 Å². The summed E-state index contributed by atoms with van der Waals surface area (Å²) in [5.74, 6) is 0. The molecule has 110 valence electrons. The Morgan fingerprint density at radius 1 is 1.24 bits per heavy atom. The highest BCUT2D eigenvalue weighted by Crippen LogP contribution is 2.17. The van der Waals surface area contributed by atoms with Gasteiger partial charge >= 0.3 is 6.03 Å². The standard InChI is InChI=1S/C15H16ClN3O2/c16-10-4-5-11-12(8-10)17-9-13(14(11)20)18-15(21)19-6-2-1-3-7-19/h4-5,8-9H,1-3,6-7H2,(H,17,20)(H,18,21). The van der Waals surface area contributed by atoms with Gasteiger partial charge in [0.25, 0.3) is 0 Å². The Labute approximate surface area is 126 Å². The molecule has 0 spiro atoms. The van der Waals surface area contributed by atoms with Crippen LogP contribution in [0.2, 0.25) is 5.02 Å². The van der Waals surface area contributed by atoms with Crippen molar-refractivity contribution >= 4 is 34.2 Å². The van der Waals surface area contributed by atoms with Gasteiger partial charge in [-0.1, -0.05) is 11.6 Å². The Kier molecular flexibility index (Phi) is 3.84.